The molecule has 0 spiro atoms. The molecule has 0 saturated carbocycles. The van der Waals surface area contributed by atoms with Gasteiger partial charge in [-0.3, -0.25) is 4.79 Å². The summed E-state index contributed by atoms with van der Waals surface area (Å²) in [5.74, 6) is 0.361. The van der Waals surface area contributed by atoms with Crippen LogP contribution in [0.25, 0.3) is 0 Å². The van der Waals surface area contributed by atoms with Crippen LogP contribution in [0.2, 0.25) is 0 Å². The van der Waals surface area contributed by atoms with Crippen molar-refractivity contribution in [1.29, 1.82) is 0 Å². The van der Waals surface area contributed by atoms with Gasteiger partial charge in [-0.25, -0.2) is 0 Å². The molecule has 100 valence electrons. The summed E-state index contributed by atoms with van der Waals surface area (Å²) in [4.78, 5) is 11.9. The highest BCUT2D eigenvalue weighted by Crippen LogP contribution is 2.15. The molecule has 0 fully saturated rings. The quantitative estimate of drug-likeness (QED) is 0.716. The molecule has 2 N–H and O–H groups in total. The minimum absolute atomic E-state index is 0.361. The van der Waals surface area contributed by atoms with Crippen molar-refractivity contribution < 1.29 is 4.79 Å². The molecule has 2 nitrogen and oxygen atoms in total. The molecule has 0 aliphatic rings. The van der Waals surface area contributed by atoms with E-state index in [9.17, 15) is 4.79 Å². The fourth-order valence-electron chi connectivity index (χ4n) is 2.23. The zero-order valence-electron chi connectivity index (χ0n) is 11.7. The lowest BCUT2D eigenvalue weighted by Crippen LogP contribution is -2.06. The smallest absolute Gasteiger partial charge is 0.137 e. The third kappa shape index (κ3) is 5.01. The summed E-state index contributed by atoms with van der Waals surface area (Å²) in [5, 5.41) is 0. The normalized spacial score (nSPS) is 10.6. The summed E-state index contributed by atoms with van der Waals surface area (Å²) >= 11 is 0. The Bertz CT molecular complexity index is 364. The molecular formula is C16H25NO. The summed E-state index contributed by atoms with van der Waals surface area (Å²) < 4.78 is 0. The van der Waals surface area contributed by atoms with Gasteiger partial charge in [0.25, 0.3) is 0 Å². The molecule has 0 heterocycles. The van der Waals surface area contributed by atoms with Crippen molar-refractivity contribution in [1.82, 2.24) is 0 Å². The van der Waals surface area contributed by atoms with E-state index in [1.165, 1.54) is 16.7 Å². The first-order valence-corrected chi connectivity index (χ1v) is 6.92. The van der Waals surface area contributed by atoms with Crippen molar-refractivity contribution in [3.05, 3.63) is 34.9 Å². The molecule has 1 aromatic carbocycles. The second kappa shape index (κ2) is 8.04. The number of aryl methyl sites for hydroxylation is 2. The van der Waals surface area contributed by atoms with Gasteiger partial charge < -0.3 is 5.73 Å². The van der Waals surface area contributed by atoms with Gasteiger partial charge in [-0.1, -0.05) is 31.0 Å². The Morgan fingerprint density at radius 2 is 1.67 bits per heavy atom. The van der Waals surface area contributed by atoms with Crippen LogP contribution in [-0.2, 0) is 11.2 Å². The van der Waals surface area contributed by atoms with Crippen LogP contribution in [0.15, 0.2) is 18.2 Å². The van der Waals surface area contributed by atoms with E-state index in [1.54, 1.807) is 0 Å². The topological polar surface area (TPSA) is 43.1 Å². The number of nitrogens with two attached hydrogens (primary N) is 1. The third-order valence-electron chi connectivity index (χ3n) is 3.43. The van der Waals surface area contributed by atoms with Gasteiger partial charge in [0.1, 0.15) is 5.78 Å². The van der Waals surface area contributed by atoms with Crippen LogP contribution in [0.4, 0.5) is 0 Å². The molecule has 0 aromatic heterocycles. The number of ketones is 1. The molecule has 0 amide bonds. The molecule has 1 aromatic rings. The Kier molecular flexibility index (Phi) is 6.66. The Labute approximate surface area is 111 Å². The Balaban J connectivity index is 2.36. The number of hydrogen-bond acceptors (Lipinski definition) is 2. The van der Waals surface area contributed by atoms with Crippen molar-refractivity contribution >= 4 is 5.78 Å². The first-order valence-electron chi connectivity index (χ1n) is 6.92. The molecular weight excluding hydrogens is 222 g/mol. The minimum Gasteiger partial charge on any atom is -0.330 e. The van der Waals surface area contributed by atoms with Crippen molar-refractivity contribution in [3.63, 3.8) is 0 Å². The van der Waals surface area contributed by atoms with E-state index in [0.717, 1.165) is 32.2 Å². The average molecular weight is 247 g/mol. The monoisotopic (exact) mass is 247 g/mol. The highest BCUT2D eigenvalue weighted by atomic mass is 16.1. The van der Waals surface area contributed by atoms with Crippen molar-refractivity contribution in [3.8, 4) is 0 Å². The Hall–Kier alpha value is -1.15. The van der Waals surface area contributed by atoms with Gasteiger partial charge in [0.15, 0.2) is 0 Å². The first kappa shape index (κ1) is 14.9. The molecule has 18 heavy (non-hydrogen) atoms. The fraction of sp³-hybridized carbons (Fsp3) is 0.562. The average Bonchev–Trinajstić information content (AvgIpc) is 2.34. The van der Waals surface area contributed by atoms with E-state index in [1.807, 2.05) is 6.07 Å². The van der Waals surface area contributed by atoms with Gasteiger partial charge in [-0.15, -0.1) is 0 Å². The van der Waals surface area contributed by atoms with E-state index in [4.69, 9.17) is 5.73 Å². The predicted molar refractivity (Wildman–Crippen MR) is 76.8 cm³/mol. The number of carbonyl (C=O) groups excluding carboxylic acids is 1. The lowest BCUT2D eigenvalue weighted by Gasteiger charge is -2.08. The fourth-order valence-corrected chi connectivity index (χ4v) is 2.23. The van der Waals surface area contributed by atoms with Crippen LogP contribution >= 0.6 is 0 Å². The molecule has 0 atom stereocenters. The molecule has 0 bridgehead atoms. The third-order valence-corrected chi connectivity index (χ3v) is 3.43. The SMILES string of the molecule is Cc1cccc(C)c1CC(=O)CCCCCCN. The van der Waals surface area contributed by atoms with Crippen LogP contribution in [-0.4, -0.2) is 12.3 Å². The Morgan fingerprint density at radius 1 is 1.06 bits per heavy atom. The van der Waals surface area contributed by atoms with E-state index in [-0.39, 0.29) is 0 Å². The summed E-state index contributed by atoms with van der Waals surface area (Å²) in [5.41, 5.74) is 9.11. The number of Topliss-reactive ketones (excluding diaryl/α,β-unsaturated/α-hetero) is 1. The Morgan fingerprint density at radius 3 is 2.28 bits per heavy atom. The maximum atomic E-state index is 11.9. The highest BCUT2D eigenvalue weighted by molar-refractivity contribution is 5.81. The maximum Gasteiger partial charge on any atom is 0.137 e. The van der Waals surface area contributed by atoms with Crippen LogP contribution in [0.3, 0.4) is 0 Å². The van der Waals surface area contributed by atoms with Crippen LogP contribution in [0.1, 0.15) is 48.8 Å². The van der Waals surface area contributed by atoms with Crippen LogP contribution < -0.4 is 5.73 Å². The van der Waals surface area contributed by atoms with Gasteiger partial charge in [0.05, 0.1) is 0 Å². The molecule has 2 heteroatoms. The number of benzene rings is 1. The van der Waals surface area contributed by atoms with E-state index < -0.39 is 0 Å². The van der Waals surface area contributed by atoms with Gasteiger partial charge in [0.2, 0.25) is 0 Å². The number of hydrogen-bond donors (Lipinski definition) is 1. The van der Waals surface area contributed by atoms with Crippen molar-refractivity contribution in [2.75, 3.05) is 6.54 Å². The zero-order valence-corrected chi connectivity index (χ0v) is 11.7. The number of rotatable bonds is 8. The highest BCUT2D eigenvalue weighted by Gasteiger charge is 2.08. The summed E-state index contributed by atoms with van der Waals surface area (Å²) in [6.07, 6.45) is 5.64. The van der Waals surface area contributed by atoms with E-state index >= 15 is 0 Å². The van der Waals surface area contributed by atoms with Crippen LogP contribution in [0.5, 0.6) is 0 Å². The van der Waals surface area contributed by atoms with Gasteiger partial charge in [-0.2, -0.15) is 0 Å². The molecule has 0 saturated heterocycles. The second-order valence-electron chi connectivity index (χ2n) is 5.04. The lowest BCUT2D eigenvalue weighted by atomic mass is 9.96. The largest absolute Gasteiger partial charge is 0.330 e. The molecule has 0 radical (unpaired) electrons. The molecule has 0 aliphatic heterocycles. The van der Waals surface area contributed by atoms with Gasteiger partial charge in [0, 0.05) is 12.8 Å². The van der Waals surface area contributed by atoms with Crippen LogP contribution in [0, 0.1) is 13.8 Å². The zero-order chi connectivity index (χ0) is 13.4. The molecule has 0 unspecified atom stereocenters. The second-order valence-corrected chi connectivity index (χ2v) is 5.04. The summed E-state index contributed by atoms with van der Waals surface area (Å²) in [6, 6.07) is 6.21. The number of unbranched alkanes of at least 4 members (excludes halogenated alkanes) is 3. The van der Waals surface area contributed by atoms with Crippen molar-refractivity contribution in [2.45, 2.75) is 52.4 Å². The lowest BCUT2D eigenvalue weighted by molar-refractivity contribution is -0.118. The minimum atomic E-state index is 0.361. The van der Waals surface area contributed by atoms with E-state index in [0.29, 0.717) is 18.6 Å². The molecule has 1 rings (SSSR count). The standard InChI is InChI=1S/C16H25NO/c1-13-8-7-9-14(2)16(13)12-15(18)10-5-3-4-6-11-17/h7-9H,3-6,10-12,17H2,1-2H3. The maximum absolute atomic E-state index is 11.9. The summed E-state index contributed by atoms with van der Waals surface area (Å²) in [6.45, 7) is 4.92. The number of carbonyl (C=O) groups is 1. The van der Waals surface area contributed by atoms with E-state index in [2.05, 4.69) is 26.0 Å². The van der Waals surface area contributed by atoms with Gasteiger partial charge in [-0.05, 0) is 49.9 Å². The molecule has 0 aliphatic carbocycles. The summed E-state index contributed by atoms with van der Waals surface area (Å²) in [7, 11) is 0. The first-order chi connectivity index (χ1) is 8.65. The van der Waals surface area contributed by atoms with Crippen molar-refractivity contribution in [2.24, 2.45) is 5.73 Å². The van der Waals surface area contributed by atoms with Gasteiger partial charge >= 0.3 is 0 Å². The predicted octanol–water partition coefficient (Wildman–Crippen LogP) is 3.32.